The van der Waals surface area contributed by atoms with Crippen molar-refractivity contribution in [3.05, 3.63) is 52.4 Å². The summed E-state index contributed by atoms with van der Waals surface area (Å²) in [5.74, 6) is -0.657. The summed E-state index contributed by atoms with van der Waals surface area (Å²) >= 11 is 1.30. The Kier molecular flexibility index (Phi) is 5.90. The van der Waals surface area contributed by atoms with Crippen LogP contribution in [0.1, 0.15) is 28.4 Å². The molecule has 0 spiro atoms. The highest BCUT2D eigenvalue weighted by molar-refractivity contribution is 7.14. The number of carbonyl (C=O) groups is 2. The van der Waals surface area contributed by atoms with Crippen LogP contribution in [-0.2, 0) is 17.8 Å². The molecule has 0 saturated carbocycles. The molecule has 4 N–H and O–H groups in total. The molecule has 2 aromatic rings. The number of benzene rings is 1. The maximum absolute atomic E-state index is 12.1. The first-order valence-corrected chi connectivity index (χ1v) is 8.43. The number of hydrogen-bond acceptors (Lipinski definition) is 3. The standard InChI is InChI=1S/C17H21N3O2S/c1-3-12-4-6-13(7-5-12)10-20(2)11-15(21)19-17-14(16(18)22)8-9-23-17/h4-9H,3,10-11H2,1-2H3,(H2,18,22)(H,19,21)/p+1. The normalized spacial score (nSPS) is 11.9. The molecule has 0 aliphatic heterocycles. The van der Waals surface area contributed by atoms with Crippen molar-refractivity contribution in [2.45, 2.75) is 19.9 Å². The van der Waals surface area contributed by atoms with E-state index in [-0.39, 0.29) is 5.91 Å². The van der Waals surface area contributed by atoms with Gasteiger partial charge >= 0.3 is 0 Å². The highest BCUT2D eigenvalue weighted by Gasteiger charge is 2.15. The van der Waals surface area contributed by atoms with Gasteiger partial charge in [0.05, 0.1) is 12.6 Å². The number of anilines is 1. The number of nitrogens with one attached hydrogen (secondary N) is 2. The number of hydrogen-bond donors (Lipinski definition) is 3. The number of primary amides is 1. The first-order valence-electron chi connectivity index (χ1n) is 7.55. The van der Waals surface area contributed by atoms with Crippen LogP contribution in [0.3, 0.4) is 0 Å². The average Bonchev–Trinajstić information content (AvgIpc) is 2.96. The Labute approximate surface area is 140 Å². The molecule has 23 heavy (non-hydrogen) atoms. The number of likely N-dealkylation sites (N-methyl/N-ethyl adjacent to an activating group) is 1. The van der Waals surface area contributed by atoms with E-state index >= 15 is 0 Å². The third kappa shape index (κ3) is 4.91. The van der Waals surface area contributed by atoms with Gasteiger partial charge in [-0.3, -0.25) is 9.59 Å². The van der Waals surface area contributed by atoms with Gasteiger partial charge in [-0.15, -0.1) is 11.3 Å². The van der Waals surface area contributed by atoms with E-state index in [1.165, 1.54) is 22.5 Å². The van der Waals surface area contributed by atoms with E-state index in [0.29, 0.717) is 17.1 Å². The van der Waals surface area contributed by atoms with Gasteiger partial charge in [-0.05, 0) is 23.4 Å². The largest absolute Gasteiger partial charge is 0.366 e. The third-order valence-electron chi connectivity index (χ3n) is 3.58. The van der Waals surface area contributed by atoms with Gasteiger partial charge < -0.3 is 16.0 Å². The molecule has 0 radical (unpaired) electrons. The summed E-state index contributed by atoms with van der Waals surface area (Å²) in [6.07, 6.45) is 1.02. The molecule has 0 aliphatic rings. The van der Waals surface area contributed by atoms with Crippen molar-refractivity contribution in [3.8, 4) is 0 Å². The highest BCUT2D eigenvalue weighted by atomic mass is 32.1. The van der Waals surface area contributed by atoms with Crippen molar-refractivity contribution in [3.63, 3.8) is 0 Å². The minimum atomic E-state index is -0.529. The summed E-state index contributed by atoms with van der Waals surface area (Å²) in [4.78, 5) is 24.4. The summed E-state index contributed by atoms with van der Waals surface area (Å²) < 4.78 is 0. The number of rotatable bonds is 7. The Hall–Kier alpha value is -2.18. The molecule has 122 valence electrons. The molecular formula is C17H22N3O2S+. The van der Waals surface area contributed by atoms with Gasteiger partial charge in [0.25, 0.3) is 11.8 Å². The summed E-state index contributed by atoms with van der Waals surface area (Å²) in [6.45, 7) is 3.22. The summed E-state index contributed by atoms with van der Waals surface area (Å²) in [5, 5.41) is 5.02. The molecule has 2 rings (SSSR count). The molecule has 1 atom stereocenters. The number of aryl methyl sites for hydroxylation is 1. The fraction of sp³-hybridized carbons (Fsp3) is 0.294. The minimum Gasteiger partial charge on any atom is -0.366 e. The van der Waals surface area contributed by atoms with E-state index in [1.54, 1.807) is 11.4 Å². The number of quaternary nitrogens is 1. The molecular weight excluding hydrogens is 310 g/mol. The van der Waals surface area contributed by atoms with Crippen molar-refractivity contribution in [2.75, 3.05) is 18.9 Å². The van der Waals surface area contributed by atoms with Gasteiger partial charge in [0.2, 0.25) is 0 Å². The lowest BCUT2D eigenvalue weighted by Gasteiger charge is -2.14. The Balaban J connectivity index is 1.88. The molecule has 0 fully saturated rings. The second-order valence-corrected chi connectivity index (χ2v) is 6.47. The maximum Gasteiger partial charge on any atom is 0.280 e. The van der Waals surface area contributed by atoms with Crippen LogP contribution in [0.2, 0.25) is 0 Å². The Morgan fingerprint density at radius 2 is 1.83 bits per heavy atom. The number of nitrogens with two attached hydrogens (primary N) is 1. The van der Waals surface area contributed by atoms with E-state index in [9.17, 15) is 9.59 Å². The number of thiophene rings is 1. The quantitative estimate of drug-likeness (QED) is 0.709. The van der Waals surface area contributed by atoms with Gasteiger partial charge in [-0.1, -0.05) is 31.2 Å². The fourth-order valence-electron chi connectivity index (χ4n) is 2.35. The molecule has 6 heteroatoms. The SMILES string of the molecule is CCc1ccc(C[NH+](C)CC(=O)Nc2sccc2C(N)=O)cc1. The van der Waals surface area contributed by atoms with Gasteiger partial charge in [0.1, 0.15) is 11.5 Å². The lowest BCUT2D eigenvalue weighted by atomic mass is 10.1. The van der Waals surface area contributed by atoms with E-state index in [1.807, 2.05) is 7.05 Å². The third-order valence-corrected chi connectivity index (χ3v) is 4.41. The van der Waals surface area contributed by atoms with Crippen molar-refractivity contribution in [1.29, 1.82) is 0 Å². The van der Waals surface area contributed by atoms with E-state index in [2.05, 4.69) is 36.5 Å². The smallest absolute Gasteiger partial charge is 0.280 e. The van der Waals surface area contributed by atoms with Crippen LogP contribution in [0.4, 0.5) is 5.00 Å². The highest BCUT2D eigenvalue weighted by Crippen LogP contribution is 2.22. The number of carbonyl (C=O) groups excluding carboxylic acids is 2. The van der Waals surface area contributed by atoms with Crippen LogP contribution in [0.15, 0.2) is 35.7 Å². The average molecular weight is 332 g/mol. The maximum atomic E-state index is 12.1. The molecule has 0 saturated heterocycles. The van der Waals surface area contributed by atoms with Crippen molar-refractivity contribution >= 4 is 28.2 Å². The first kappa shape index (κ1) is 17.2. The second-order valence-electron chi connectivity index (χ2n) is 5.56. The zero-order chi connectivity index (χ0) is 16.8. The Morgan fingerprint density at radius 1 is 1.17 bits per heavy atom. The summed E-state index contributed by atoms with van der Waals surface area (Å²) in [7, 11) is 1.97. The van der Waals surface area contributed by atoms with Crippen LogP contribution in [0.25, 0.3) is 0 Å². The predicted molar refractivity (Wildman–Crippen MR) is 92.7 cm³/mol. The van der Waals surface area contributed by atoms with Crippen LogP contribution in [-0.4, -0.2) is 25.4 Å². The summed E-state index contributed by atoms with van der Waals surface area (Å²) in [6, 6.07) is 10.1. The summed E-state index contributed by atoms with van der Waals surface area (Å²) in [5.41, 5.74) is 8.13. The minimum absolute atomic E-state index is 0.127. The molecule has 0 bridgehead atoms. The monoisotopic (exact) mass is 332 g/mol. The van der Waals surface area contributed by atoms with E-state index in [4.69, 9.17) is 5.73 Å². The Bertz CT molecular complexity index is 679. The van der Waals surface area contributed by atoms with Crippen molar-refractivity contribution in [2.24, 2.45) is 5.73 Å². The lowest BCUT2D eigenvalue weighted by molar-refractivity contribution is -0.885. The zero-order valence-electron chi connectivity index (χ0n) is 13.4. The Morgan fingerprint density at radius 3 is 2.43 bits per heavy atom. The van der Waals surface area contributed by atoms with Crippen LogP contribution in [0, 0.1) is 0 Å². The molecule has 5 nitrogen and oxygen atoms in total. The lowest BCUT2D eigenvalue weighted by Crippen LogP contribution is -3.08. The second kappa shape index (κ2) is 7.89. The molecule has 1 heterocycles. The molecule has 1 aromatic carbocycles. The van der Waals surface area contributed by atoms with E-state index in [0.717, 1.165) is 17.9 Å². The van der Waals surface area contributed by atoms with E-state index < -0.39 is 5.91 Å². The van der Waals surface area contributed by atoms with Crippen LogP contribution in [0.5, 0.6) is 0 Å². The van der Waals surface area contributed by atoms with Crippen molar-refractivity contribution in [1.82, 2.24) is 0 Å². The molecule has 1 unspecified atom stereocenters. The zero-order valence-corrected chi connectivity index (χ0v) is 14.2. The van der Waals surface area contributed by atoms with Gasteiger partial charge in [0, 0.05) is 5.56 Å². The first-order chi connectivity index (χ1) is 11.0. The molecule has 1 aromatic heterocycles. The molecule has 2 amide bonds. The fourth-order valence-corrected chi connectivity index (χ4v) is 3.16. The van der Waals surface area contributed by atoms with Crippen LogP contribution < -0.4 is 16.0 Å². The van der Waals surface area contributed by atoms with Gasteiger partial charge in [0.15, 0.2) is 6.54 Å². The van der Waals surface area contributed by atoms with Gasteiger partial charge in [-0.25, -0.2) is 0 Å². The van der Waals surface area contributed by atoms with Gasteiger partial charge in [-0.2, -0.15) is 0 Å². The predicted octanol–water partition coefficient (Wildman–Crippen LogP) is 1.06. The number of amides is 2. The van der Waals surface area contributed by atoms with Crippen molar-refractivity contribution < 1.29 is 14.5 Å². The molecule has 0 aliphatic carbocycles. The van der Waals surface area contributed by atoms with Crippen LogP contribution >= 0.6 is 11.3 Å². The topological polar surface area (TPSA) is 76.6 Å².